The molecule has 0 aromatic carbocycles. The molecule has 0 radical (unpaired) electrons. The van der Waals surface area contributed by atoms with E-state index >= 15 is 0 Å². The lowest BCUT2D eigenvalue weighted by Crippen LogP contribution is -2.62. The Hall–Kier alpha value is -0.950. The molecule has 0 aromatic heterocycles. The Bertz CT molecular complexity index is 507. The molecule has 2 aliphatic rings. The predicted octanol–water partition coefficient (Wildman–Crippen LogP) is 1.43. The highest BCUT2D eigenvalue weighted by Gasteiger charge is 2.53. The number of fused-ring (bicyclic) bond motifs is 1. The Labute approximate surface area is 126 Å². The summed E-state index contributed by atoms with van der Waals surface area (Å²) in [5, 5.41) is -0.546. The first-order chi connectivity index (χ1) is 9.26. The monoisotopic (exact) mass is 315 g/mol. The molecule has 0 spiro atoms. The number of β-lactam (4-membered cyclic amide) rings is 1. The molecule has 1 atom stereocenters. The van der Waals surface area contributed by atoms with E-state index in [1.54, 1.807) is 32.5 Å². The Morgan fingerprint density at radius 3 is 2.65 bits per heavy atom. The van der Waals surface area contributed by atoms with E-state index in [0.29, 0.717) is 11.5 Å². The van der Waals surface area contributed by atoms with Crippen molar-refractivity contribution in [2.75, 3.05) is 17.8 Å². The van der Waals surface area contributed by atoms with Crippen LogP contribution >= 0.6 is 23.5 Å². The SMILES string of the molecule is CSCC1=C(C(=O)OC(C)(C)C)N2C(=O)C(=O)[C@H]2SC1. The first-order valence-corrected chi connectivity index (χ1v) is 8.64. The Kier molecular flexibility index (Phi) is 4.20. The van der Waals surface area contributed by atoms with Crippen molar-refractivity contribution in [1.82, 2.24) is 4.90 Å². The number of rotatable bonds is 3. The Morgan fingerprint density at radius 1 is 1.45 bits per heavy atom. The van der Waals surface area contributed by atoms with Gasteiger partial charge in [-0.3, -0.25) is 14.5 Å². The van der Waals surface area contributed by atoms with Crippen molar-refractivity contribution < 1.29 is 19.1 Å². The van der Waals surface area contributed by atoms with Crippen LogP contribution in [0.1, 0.15) is 20.8 Å². The highest BCUT2D eigenvalue weighted by Crippen LogP contribution is 2.39. The second kappa shape index (κ2) is 5.44. The third kappa shape index (κ3) is 2.74. The molecule has 2 rings (SSSR count). The zero-order chi connectivity index (χ0) is 15.1. The lowest BCUT2D eigenvalue weighted by Gasteiger charge is -2.43. The minimum absolute atomic E-state index is 0.266. The summed E-state index contributed by atoms with van der Waals surface area (Å²) in [7, 11) is 0. The van der Waals surface area contributed by atoms with E-state index in [1.165, 1.54) is 16.7 Å². The lowest BCUT2D eigenvalue weighted by molar-refractivity contribution is -0.161. The minimum atomic E-state index is -0.632. The first kappa shape index (κ1) is 15.4. The fourth-order valence-electron chi connectivity index (χ4n) is 2.02. The van der Waals surface area contributed by atoms with Gasteiger partial charge >= 0.3 is 5.97 Å². The molecule has 0 aliphatic carbocycles. The van der Waals surface area contributed by atoms with Gasteiger partial charge in [0.2, 0.25) is 0 Å². The number of ketones is 1. The van der Waals surface area contributed by atoms with E-state index in [4.69, 9.17) is 4.74 Å². The molecule has 1 amide bonds. The molecule has 2 aliphatic heterocycles. The van der Waals surface area contributed by atoms with E-state index in [9.17, 15) is 14.4 Å². The van der Waals surface area contributed by atoms with Crippen LogP contribution in [0.15, 0.2) is 11.3 Å². The molecule has 5 nitrogen and oxygen atoms in total. The maximum atomic E-state index is 12.3. The van der Waals surface area contributed by atoms with E-state index in [-0.39, 0.29) is 5.70 Å². The summed E-state index contributed by atoms with van der Waals surface area (Å²) >= 11 is 2.96. The topological polar surface area (TPSA) is 63.7 Å². The lowest BCUT2D eigenvalue weighted by atomic mass is 10.1. The maximum absolute atomic E-state index is 12.3. The highest BCUT2D eigenvalue weighted by molar-refractivity contribution is 8.01. The molecule has 20 heavy (non-hydrogen) atoms. The van der Waals surface area contributed by atoms with Crippen LogP contribution in [0.4, 0.5) is 0 Å². The van der Waals surface area contributed by atoms with Gasteiger partial charge in [0, 0.05) is 11.5 Å². The number of carbonyl (C=O) groups excluding carboxylic acids is 3. The summed E-state index contributed by atoms with van der Waals surface area (Å²) in [5.74, 6) is -0.337. The molecular weight excluding hydrogens is 298 g/mol. The van der Waals surface area contributed by atoms with Gasteiger partial charge in [-0.05, 0) is 32.6 Å². The van der Waals surface area contributed by atoms with E-state index in [2.05, 4.69) is 0 Å². The van der Waals surface area contributed by atoms with Gasteiger partial charge in [0.25, 0.3) is 11.7 Å². The van der Waals surface area contributed by atoms with Crippen LogP contribution < -0.4 is 0 Å². The normalized spacial score (nSPS) is 22.6. The van der Waals surface area contributed by atoms with Gasteiger partial charge in [0.15, 0.2) is 5.37 Å². The minimum Gasteiger partial charge on any atom is -0.455 e. The molecule has 110 valence electrons. The number of amides is 1. The zero-order valence-corrected chi connectivity index (χ0v) is 13.5. The number of hydrogen-bond donors (Lipinski definition) is 0. The van der Waals surface area contributed by atoms with Crippen molar-refractivity contribution in [1.29, 1.82) is 0 Å². The van der Waals surface area contributed by atoms with Crippen LogP contribution in [0.5, 0.6) is 0 Å². The fraction of sp³-hybridized carbons (Fsp3) is 0.615. The van der Waals surface area contributed by atoms with Crippen LogP contribution in [0.25, 0.3) is 0 Å². The summed E-state index contributed by atoms with van der Waals surface area (Å²) < 4.78 is 5.37. The average Bonchev–Trinajstić information content (AvgIpc) is 2.35. The van der Waals surface area contributed by atoms with Gasteiger partial charge in [0.05, 0.1) is 0 Å². The van der Waals surface area contributed by atoms with Gasteiger partial charge < -0.3 is 4.74 Å². The fourth-order valence-corrected chi connectivity index (χ4v) is 3.94. The molecular formula is C13H17NO4S2. The van der Waals surface area contributed by atoms with Gasteiger partial charge in [-0.15, -0.1) is 11.8 Å². The van der Waals surface area contributed by atoms with Crippen molar-refractivity contribution in [2.45, 2.75) is 31.7 Å². The first-order valence-electron chi connectivity index (χ1n) is 6.19. The van der Waals surface area contributed by atoms with Crippen LogP contribution in [-0.4, -0.2) is 51.3 Å². The van der Waals surface area contributed by atoms with E-state index in [0.717, 1.165) is 5.57 Å². The summed E-state index contributed by atoms with van der Waals surface area (Å²) in [5.41, 5.74) is 0.489. The molecule has 0 saturated carbocycles. The van der Waals surface area contributed by atoms with Gasteiger partial charge in [-0.1, -0.05) is 0 Å². The molecule has 0 unspecified atom stereocenters. The molecule has 1 fully saturated rings. The number of Topliss-reactive ketones (excluding diaryl/α,β-unsaturated/α-hetero) is 1. The quantitative estimate of drug-likeness (QED) is 0.446. The largest absolute Gasteiger partial charge is 0.455 e. The number of hydrogen-bond acceptors (Lipinski definition) is 6. The molecule has 0 bridgehead atoms. The third-order valence-corrected chi connectivity index (χ3v) is 4.68. The van der Waals surface area contributed by atoms with Crippen molar-refractivity contribution in [2.24, 2.45) is 0 Å². The van der Waals surface area contributed by atoms with Gasteiger partial charge in [0.1, 0.15) is 11.3 Å². The molecule has 0 aromatic rings. The van der Waals surface area contributed by atoms with Crippen LogP contribution in [0.3, 0.4) is 0 Å². The molecule has 0 N–H and O–H groups in total. The third-order valence-electron chi connectivity index (χ3n) is 2.79. The zero-order valence-electron chi connectivity index (χ0n) is 11.9. The van der Waals surface area contributed by atoms with Crippen molar-refractivity contribution >= 4 is 41.2 Å². The summed E-state index contributed by atoms with van der Waals surface area (Å²) in [4.78, 5) is 36.9. The highest BCUT2D eigenvalue weighted by atomic mass is 32.2. The predicted molar refractivity (Wildman–Crippen MR) is 79.4 cm³/mol. The number of thioether (sulfide) groups is 2. The average molecular weight is 315 g/mol. The molecule has 2 heterocycles. The van der Waals surface area contributed by atoms with E-state index in [1.807, 2.05) is 6.26 Å². The van der Waals surface area contributed by atoms with Gasteiger partial charge in [-0.2, -0.15) is 11.8 Å². The van der Waals surface area contributed by atoms with E-state index < -0.39 is 28.6 Å². The summed E-state index contributed by atoms with van der Waals surface area (Å²) in [6.07, 6.45) is 1.93. The maximum Gasteiger partial charge on any atom is 0.355 e. The summed E-state index contributed by atoms with van der Waals surface area (Å²) in [6, 6.07) is 0. The second-order valence-corrected chi connectivity index (χ2v) is 7.52. The Balaban J connectivity index is 2.33. The van der Waals surface area contributed by atoms with Crippen LogP contribution in [-0.2, 0) is 19.1 Å². The molecule has 7 heteroatoms. The molecule has 1 saturated heterocycles. The standard InChI is InChI=1S/C13H17NO4S2/c1-13(2,3)18-12(17)8-7(5-19-4)6-20-11-9(15)10(16)14(8)11/h11H,5-6H2,1-4H3/t11-/m1/s1. The van der Waals surface area contributed by atoms with Crippen molar-refractivity contribution in [3.8, 4) is 0 Å². The van der Waals surface area contributed by atoms with Gasteiger partial charge in [-0.25, -0.2) is 4.79 Å². The summed E-state index contributed by atoms with van der Waals surface area (Å²) in [6.45, 7) is 5.33. The number of carbonyl (C=O) groups is 3. The van der Waals surface area contributed by atoms with Crippen molar-refractivity contribution in [3.63, 3.8) is 0 Å². The number of nitrogens with zero attached hydrogens (tertiary/aromatic N) is 1. The number of esters is 1. The van der Waals surface area contributed by atoms with Crippen LogP contribution in [0, 0.1) is 0 Å². The van der Waals surface area contributed by atoms with Crippen molar-refractivity contribution in [3.05, 3.63) is 11.3 Å². The smallest absolute Gasteiger partial charge is 0.355 e. The Morgan fingerprint density at radius 2 is 2.10 bits per heavy atom. The van der Waals surface area contributed by atoms with Crippen LogP contribution in [0.2, 0.25) is 0 Å². The number of ether oxygens (including phenoxy) is 1. The second-order valence-electron chi connectivity index (χ2n) is 5.59.